The van der Waals surface area contributed by atoms with E-state index in [1.54, 1.807) is 6.21 Å². The molecule has 0 spiro atoms. The maximum Gasteiger partial charge on any atom is 0.254 e. The molecule has 1 aliphatic heterocycles. The van der Waals surface area contributed by atoms with Gasteiger partial charge in [-0.3, -0.25) is 9.59 Å². The number of hydrazone groups is 1. The number of hydrogen-bond donors (Lipinski definition) is 0. The summed E-state index contributed by atoms with van der Waals surface area (Å²) in [6.07, 6.45) is 7.77. The molecule has 1 saturated carbocycles. The van der Waals surface area contributed by atoms with Crippen molar-refractivity contribution in [2.45, 2.75) is 19.4 Å². The zero-order valence-corrected chi connectivity index (χ0v) is 17.9. The van der Waals surface area contributed by atoms with Gasteiger partial charge in [0.15, 0.2) is 0 Å². The van der Waals surface area contributed by atoms with Gasteiger partial charge in [0.2, 0.25) is 0 Å². The lowest BCUT2D eigenvalue weighted by molar-refractivity contribution is -0.140. The average molecular weight is 465 g/mol. The van der Waals surface area contributed by atoms with Crippen molar-refractivity contribution in [1.82, 2.24) is 5.01 Å². The fraction of sp³-hybridized carbons (Fsp3) is 0.292. The van der Waals surface area contributed by atoms with E-state index in [0.29, 0.717) is 6.61 Å². The van der Waals surface area contributed by atoms with E-state index < -0.39 is 0 Å². The van der Waals surface area contributed by atoms with Crippen LogP contribution < -0.4 is 4.74 Å². The predicted octanol–water partition coefficient (Wildman–Crippen LogP) is 4.56. The quantitative estimate of drug-likeness (QED) is 0.370. The van der Waals surface area contributed by atoms with Crippen molar-refractivity contribution in [1.29, 1.82) is 0 Å². The molecular formula is C24H21BrN2O3. The molecule has 3 aliphatic carbocycles. The molecule has 2 fully saturated rings. The summed E-state index contributed by atoms with van der Waals surface area (Å²) < 4.78 is 6.84. The van der Waals surface area contributed by atoms with E-state index in [4.69, 9.17) is 4.74 Å². The number of carbonyl (C=O) groups is 2. The number of fused-ring (bicyclic) bond motifs is 1. The number of ether oxygens (including phenoxy) is 1. The van der Waals surface area contributed by atoms with Crippen molar-refractivity contribution in [3.8, 4) is 5.75 Å². The van der Waals surface area contributed by atoms with Gasteiger partial charge in [-0.05, 0) is 72.2 Å². The summed E-state index contributed by atoms with van der Waals surface area (Å²) >= 11 is 3.42. The normalized spacial score (nSPS) is 27.2. The molecule has 0 aromatic heterocycles. The van der Waals surface area contributed by atoms with Crippen molar-refractivity contribution in [2.24, 2.45) is 28.8 Å². The van der Waals surface area contributed by atoms with Crippen LogP contribution in [0.3, 0.4) is 0 Å². The third kappa shape index (κ3) is 3.49. The minimum atomic E-state index is -0.229. The Kier molecular flexibility index (Phi) is 5.03. The molecular weight excluding hydrogens is 444 g/mol. The number of halogens is 1. The Labute approximate surface area is 183 Å². The molecule has 4 aliphatic rings. The molecule has 2 aromatic carbocycles. The second-order valence-corrected chi connectivity index (χ2v) is 8.97. The first-order valence-electron chi connectivity index (χ1n) is 10.2. The van der Waals surface area contributed by atoms with E-state index in [0.717, 1.165) is 39.2 Å². The SMILES string of the molecule is O=C1[C@H]2[C@H](C(=O)N1/N=C\c1ccc(OCc3ccc(Br)cc3)cc1)[C@H]1C=C[C@H]2CC1. The number of rotatable bonds is 5. The van der Waals surface area contributed by atoms with E-state index in [9.17, 15) is 9.59 Å². The van der Waals surface area contributed by atoms with E-state index >= 15 is 0 Å². The van der Waals surface area contributed by atoms with Crippen LogP contribution in [0.1, 0.15) is 24.0 Å². The van der Waals surface area contributed by atoms with Gasteiger partial charge in [-0.2, -0.15) is 10.1 Å². The maximum atomic E-state index is 12.8. The molecule has 6 heteroatoms. The van der Waals surface area contributed by atoms with Crippen molar-refractivity contribution in [3.05, 3.63) is 76.3 Å². The van der Waals surface area contributed by atoms with Crippen LogP contribution >= 0.6 is 15.9 Å². The van der Waals surface area contributed by atoms with Gasteiger partial charge < -0.3 is 4.74 Å². The lowest BCUT2D eigenvalue weighted by Gasteiger charge is -2.37. The summed E-state index contributed by atoms with van der Waals surface area (Å²) in [7, 11) is 0. The van der Waals surface area contributed by atoms with Gasteiger partial charge in [0.25, 0.3) is 11.8 Å². The molecule has 0 unspecified atom stereocenters. The smallest absolute Gasteiger partial charge is 0.254 e. The second-order valence-electron chi connectivity index (χ2n) is 8.06. The van der Waals surface area contributed by atoms with Gasteiger partial charge in [-0.1, -0.05) is 40.2 Å². The van der Waals surface area contributed by atoms with Crippen LogP contribution in [0, 0.1) is 23.7 Å². The van der Waals surface area contributed by atoms with Crippen molar-refractivity contribution < 1.29 is 14.3 Å². The van der Waals surface area contributed by atoms with Gasteiger partial charge in [0, 0.05) is 4.47 Å². The zero-order chi connectivity index (χ0) is 20.7. The van der Waals surface area contributed by atoms with Crippen molar-refractivity contribution in [2.75, 3.05) is 0 Å². The molecule has 6 rings (SSSR count). The molecule has 152 valence electrons. The van der Waals surface area contributed by atoms with Gasteiger partial charge in [0.1, 0.15) is 12.4 Å². The Morgan fingerprint density at radius 3 is 2.10 bits per heavy atom. The first kappa shape index (κ1) is 19.2. The van der Waals surface area contributed by atoms with Gasteiger partial charge in [-0.15, -0.1) is 0 Å². The second kappa shape index (κ2) is 7.84. The van der Waals surface area contributed by atoms with Gasteiger partial charge in [-0.25, -0.2) is 0 Å². The Hall–Kier alpha value is -2.73. The van der Waals surface area contributed by atoms with Crippen LogP contribution in [0.15, 0.2) is 70.3 Å². The summed E-state index contributed by atoms with van der Waals surface area (Å²) in [5, 5.41) is 5.33. The molecule has 1 heterocycles. The maximum absolute atomic E-state index is 12.8. The topological polar surface area (TPSA) is 59.0 Å². The third-order valence-electron chi connectivity index (χ3n) is 6.26. The zero-order valence-electron chi connectivity index (χ0n) is 16.3. The standard InChI is InChI=1S/C24H21BrN2O3/c25-19-9-1-16(2-10-19)14-30-20-11-3-15(4-12-20)13-26-27-23(28)21-17-5-6-18(8-7-17)22(21)24(27)29/h1-6,9-13,17-18,21-22H,7-8,14H2/b26-13-/t17-,18-,21+,22+/m0/s1. The average Bonchev–Trinajstić information content (AvgIpc) is 3.05. The lowest BCUT2D eigenvalue weighted by Crippen LogP contribution is -2.38. The van der Waals surface area contributed by atoms with E-state index in [-0.39, 0.29) is 35.5 Å². The highest BCUT2D eigenvalue weighted by molar-refractivity contribution is 9.10. The number of hydrogen-bond acceptors (Lipinski definition) is 4. The highest BCUT2D eigenvalue weighted by Crippen LogP contribution is 2.49. The minimum absolute atomic E-state index is 0.158. The monoisotopic (exact) mass is 464 g/mol. The third-order valence-corrected chi connectivity index (χ3v) is 6.79. The summed E-state index contributed by atoms with van der Waals surface area (Å²) in [6.45, 7) is 0.483. The largest absolute Gasteiger partial charge is 0.489 e. The molecule has 5 nitrogen and oxygen atoms in total. The fourth-order valence-electron chi connectivity index (χ4n) is 4.69. The predicted molar refractivity (Wildman–Crippen MR) is 117 cm³/mol. The number of amides is 2. The molecule has 30 heavy (non-hydrogen) atoms. The highest BCUT2D eigenvalue weighted by atomic mass is 79.9. The van der Waals surface area contributed by atoms with Crippen LogP contribution in [0.2, 0.25) is 0 Å². The highest BCUT2D eigenvalue weighted by Gasteiger charge is 2.56. The molecule has 2 bridgehead atoms. The molecule has 1 saturated heterocycles. The Morgan fingerprint density at radius 1 is 0.933 bits per heavy atom. The Bertz CT molecular complexity index is 997. The van der Waals surface area contributed by atoms with Gasteiger partial charge >= 0.3 is 0 Å². The van der Waals surface area contributed by atoms with Crippen LogP contribution in [0.4, 0.5) is 0 Å². The number of allylic oxidation sites excluding steroid dienone is 2. The van der Waals surface area contributed by atoms with E-state index in [2.05, 4.69) is 33.2 Å². The van der Waals surface area contributed by atoms with E-state index in [1.165, 1.54) is 0 Å². The molecule has 0 radical (unpaired) electrons. The summed E-state index contributed by atoms with van der Waals surface area (Å²) in [6, 6.07) is 15.4. The summed E-state index contributed by atoms with van der Waals surface area (Å²) in [4.78, 5) is 25.6. The molecule has 0 N–H and O–H groups in total. The summed E-state index contributed by atoms with van der Waals surface area (Å²) in [5.74, 6) is 0.333. The van der Waals surface area contributed by atoms with Crippen molar-refractivity contribution in [3.63, 3.8) is 0 Å². The first-order valence-corrected chi connectivity index (χ1v) is 11.0. The van der Waals surface area contributed by atoms with Crippen LogP contribution in [-0.4, -0.2) is 23.0 Å². The van der Waals surface area contributed by atoms with Crippen molar-refractivity contribution >= 4 is 34.0 Å². The number of nitrogens with zero attached hydrogens (tertiary/aromatic N) is 2. The molecule has 4 atom stereocenters. The van der Waals surface area contributed by atoms with Gasteiger partial charge in [0.05, 0.1) is 18.1 Å². The first-order chi connectivity index (χ1) is 14.6. The molecule has 2 aromatic rings. The fourth-order valence-corrected chi connectivity index (χ4v) is 4.96. The van der Waals surface area contributed by atoms with E-state index in [1.807, 2.05) is 48.5 Å². The van der Waals surface area contributed by atoms with Crippen LogP contribution in [0.25, 0.3) is 0 Å². The Morgan fingerprint density at radius 2 is 1.53 bits per heavy atom. The Balaban J connectivity index is 1.23. The number of carbonyl (C=O) groups excluding carboxylic acids is 2. The minimum Gasteiger partial charge on any atom is -0.489 e. The van der Waals surface area contributed by atoms with Crippen LogP contribution in [-0.2, 0) is 16.2 Å². The molecule has 2 amide bonds. The number of imide groups is 1. The lowest BCUT2D eigenvalue weighted by atomic mass is 9.63. The summed E-state index contributed by atoms with van der Waals surface area (Å²) in [5.41, 5.74) is 1.89. The number of benzene rings is 2. The van der Waals surface area contributed by atoms with Crippen LogP contribution in [0.5, 0.6) is 5.75 Å².